The molecule has 0 aliphatic heterocycles. The molecule has 1 fully saturated rings. The van der Waals surface area contributed by atoms with Crippen LogP contribution >= 0.6 is 0 Å². The third-order valence-electron chi connectivity index (χ3n) is 3.49. The minimum absolute atomic E-state index is 0.0144. The number of anilines is 1. The van der Waals surface area contributed by atoms with Gasteiger partial charge in [-0.1, -0.05) is 13.3 Å². The van der Waals surface area contributed by atoms with Crippen LogP contribution in [0, 0.1) is 21.8 Å². The largest absolute Gasteiger partial charge is 0.392 e. The third kappa shape index (κ3) is 2.71. The Kier molecular flexibility index (Phi) is 3.87. The van der Waals surface area contributed by atoms with Gasteiger partial charge in [-0.3, -0.25) is 14.9 Å². The Balaban J connectivity index is 2.18. The third-order valence-corrected chi connectivity index (χ3v) is 3.49. The predicted molar refractivity (Wildman–Crippen MR) is 71.7 cm³/mol. The summed E-state index contributed by atoms with van der Waals surface area (Å²) in [4.78, 5) is 22.0. The molecule has 1 aromatic rings. The SMILES string of the molecule is CCCC1CC1NC(=O)c1c(F)ccc([N+](=O)[O-])c1N. The van der Waals surface area contributed by atoms with Crippen LogP contribution in [0.5, 0.6) is 0 Å². The molecule has 1 aromatic carbocycles. The minimum Gasteiger partial charge on any atom is -0.392 e. The average Bonchev–Trinajstić information content (AvgIpc) is 3.07. The van der Waals surface area contributed by atoms with Crippen LogP contribution in [0.1, 0.15) is 36.5 Å². The number of carbonyl (C=O) groups is 1. The Hall–Kier alpha value is -2.18. The van der Waals surface area contributed by atoms with Crippen molar-refractivity contribution in [3.63, 3.8) is 0 Å². The summed E-state index contributed by atoms with van der Waals surface area (Å²) in [5, 5.41) is 13.4. The smallest absolute Gasteiger partial charge is 0.293 e. The van der Waals surface area contributed by atoms with Gasteiger partial charge >= 0.3 is 0 Å². The van der Waals surface area contributed by atoms with Crippen LogP contribution in [0.3, 0.4) is 0 Å². The number of amides is 1. The van der Waals surface area contributed by atoms with Gasteiger partial charge in [0.2, 0.25) is 0 Å². The van der Waals surface area contributed by atoms with Gasteiger partial charge in [0.25, 0.3) is 11.6 Å². The molecule has 0 heterocycles. The second-order valence-electron chi connectivity index (χ2n) is 4.98. The molecular weight excluding hydrogens is 265 g/mol. The molecule has 20 heavy (non-hydrogen) atoms. The number of nitrogens with two attached hydrogens (primary N) is 1. The quantitative estimate of drug-likeness (QED) is 0.491. The number of nitro benzene ring substituents is 1. The number of hydrogen-bond acceptors (Lipinski definition) is 4. The van der Waals surface area contributed by atoms with E-state index in [1.54, 1.807) is 0 Å². The zero-order valence-electron chi connectivity index (χ0n) is 11.1. The van der Waals surface area contributed by atoms with Crippen molar-refractivity contribution in [2.75, 3.05) is 5.73 Å². The molecule has 1 amide bonds. The molecule has 0 bridgehead atoms. The first-order valence-electron chi connectivity index (χ1n) is 6.49. The van der Waals surface area contributed by atoms with Crippen LogP contribution in [-0.4, -0.2) is 16.9 Å². The van der Waals surface area contributed by atoms with Crippen LogP contribution in [0.2, 0.25) is 0 Å². The highest BCUT2D eigenvalue weighted by atomic mass is 19.1. The van der Waals surface area contributed by atoms with Gasteiger partial charge < -0.3 is 11.1 Å². The summed E-state index contributed by atoms with van der Waals surface area (Å²) in [5.41, 5.74) is 4.20. The van der Waals surface area contributed by atoms with Crippen molar-refractivity contribution in [1.29, 1.82) is 0 Å². The lowest BCUT2D eigenvalue weighted by molar-refractivity contribution is -0.384. The molecule has 2 rings (SSSR count). The van der Waals surface area contributed by atoms with Crippen LogP contribution in [0.15, 0.2) is 12.1 Å². The average molecular weight is 281 g/mol. The van der Waals surface area contributed by atoms with Gasteiger partial charge in [-0.15, -0.1) is 0 Å². The Bertz CT molecular complexity index is 562. The number of nitrogens with zero attached hydrogens (tertiary/aromatic N) is 1. The minimum atomic E-state index is -0.849. The Morgan fingerprint density at radius 3 is 2.90 bits per heavy atom. The highest BCUT2D eigenvalue weighted by Gasteiger charge is 2.38. The maximum absolute atomic E-state index is 13.7. The summed E-state index contributed by atoms with van der Waals surface area (Å²) in [5.74, 6) is -1.13. The number of carbonyl (C=O) groups excluding carboxylic acids is 1. The van der Waals surface area contributed by atoms with Crippen molar-refractivity contribution in [3.8, 4) is 0 Å². The molecule has 0 spiro atoms. The van der Waals surface area contributed by atoms with E-state index in [-0.39, 0.29) is 6.04 Å². The highest BCUT2D eigenvalue weighted by Crippen LogP contribution is 2.35. The molecule has 0 saturated heterocycles. The maximum Gasteiger partial charge on any atom is 0.293 e. The van der Waals surface area contributed by atoms with Gasteiger partial charge in [-0.05, 0) is 24.8 Å². The van der Waals surface area contributed by atoms with Gasteiger partial charge in [0, 0.05) is 12.1 Å². The topological polar surface area (TPSA) is 98.3 Å². The van der Waals surface area contributed by atoms with Crippen LogP contribution < -0.4 is 11.1 Å². The van der Waals surface area contributed by atoms with Gasteiger partial charge in [-0.2, -0.15) is 0 Å². The van der Waals surface area contributed by atoms with E-state index in [1.807, 2.05) is 0 Å². The van der Waals surface area contributed by atoms with Gasteiger partial charge in [-0.25, -0.2) is 4.39 Å². The zero-order valence-corrected chi connectivity index (χ0v) is 11.1. The number of nitrogen functional groups attached to an aromatic ring is 1. The fraction of sp³-hybridized carbons (Fsp3) is 0.462. The normalized spacial score (nSPS) is 20.5. The van der Waals surface area contributed by atoms with Crippen molar-refractivity contribution >= 4 is 17.3 Å². The molecule has 1 aliphatic rings. The molecule has 2 atom stereocenters. The molecule has 0 radical (unpaired) electrons. The number of hydrogen-bond donors (Lipinski definition) is 2. The van der Waals surface area contributed by atoms with E-state index in [0.717, 1.165) is 31.4 Å². The van der Waals surface area contributed by atoms with Gasteiger partial charge in [0.15, 0.2) is 0 Å². The summed E-state index contributed by atoms with van der Waals surface area (Å²) in [7, 11) is 0. The van der Waals surface area contributed by atoms with Crippen molar-refractivity contribution in [3.05, 3.63) is 33.6 Å². The second-order valence-corrected chi connectivity index (χ2v) is 4.98. The van der Waals surface area contributed by atoms with E-state index >= 15 is 0 Å². The Morgan fingerprint density at radius 2 is 2.30 bits per heavy atom. The number of benzene rings is 1. The zero-order chi connectivity index (χ0) is 14.9. The van der Waals surface area contributed by atoms with Gasteiger partial charge in [0.1, 0.15) is 17.1 Å². The van der Waals surface area contributed by atoms with Crippen LogP contribution in [0.25, 0.3) is 0 Å². The molecule has 0 aromatic heterocycles. The van der Waals surface area contributed by atoms with E-state index in [0.29, 0.717) is 5.92 Å². The lowest BCUT2D eigenvalue weighted by atomic mass is 10.1. The monoisotopic (exact) mass is 281 g/mol. The standard InChI is InChI=1S/C13H16FN3O3/c1-2-3-7-6-9(7)16-13(18)11-8(14)4-5-10(12(11)15)17(19)20/h4-5,7,9H,2-3,6,15H2,1H3,(H,16,18). The lowest BCUT2D eigenvalue weighted by Gasteiger charge is -2.08. The molecule has 108 valence electrons. The van der Waals surface area contributed by atoms with E-state index in [2.05, 4.69) is 12.2 Å². The first-order chi connectivity index (χ1) is 9.45. The summed E-state index contributed by atoms with van der Waals surface area (Å²) in [6.45, 7) is 2.05. The Labute approximate surface area is 115 Å². The first kappa shape index (κ1) is 14.2. The number of halogens is 1. The molecule has 2 unspecified atom stereocenters. The summed E-state index contributed by atoms with van der Waals surface area (Å²) >= 11 is 0. The van der Waals surface area contributed by atoms with Crippen LogP contribution in [0.4, 0.5) is 15.8 Å². The number of nitrogens with one attached hydrogen (secondary N) is 1. The molecule has 7 heteroatoms. The number of rotatable bonds is 5. The molecule has 1 saturated carbocycles. The van der Waals surface area contributed by atoms with Crippen molar-refractivity contribution in [2.45, 2.75) is 32.2 Å². The molecule has 6 nitrogen and oxygen atoms in total. The summed E-state index contributed by atoms with van der Waals surface area (Å²) in [6.07, 6.45) is 2.87. The summed E-state index contributed by atoms with van der Waals surface area (Å²) in [6, 6.07) is 1.86. The van der Waals surface area contributed by atoms with Crippen molar-refractivity contribution in [2.24, 2.45) is 5.92 Å². The molecule has 3 N–H and O–H groups in total. The van der Waals surface area contributed by atoms with Gasteiger partial charge in [0.05, 0.1) is 4.92 Å². The van der Waals surface area contributed by atoms with E-state index in [1.165, 1.54) is 0 Å². The molecule has 1 aliphatic carbocycles. The molecular formula is C13H16FN3O3. The van der Waals surface area contributed by atoms with Crippen molar-refractivity contribution in [1.82, 2.24) is 5.32 Å². The highest BCUT2D eigenvalue weighted by molar-refractivity contribution is 6.01. The maximum atomic E-state index is 13.7. The van der Waals surface area contributed by atoms with Crippen molar-refractivity contribution < 1.29 is 14.1 Å². The van der Waals surface area contributed by atoms with E-state index in [4.69, 9.17) is 5.73 Å². The summed E-state index contributed by atoms with van der Waals surface area (Å²) < 4.78 is 13.7. The number of nitro groups is 1. The Morgan fingerprint density at radius 1 is 1.60 bits per heavy atom. The fourth-order valence-electron chi connectivity index (χ4n) is 2.33. The van der Waals surface area contributed by atoms with E-state index in [9.17, 15) is 19.3 Å². The fourth-order valence-corrected chi connectivity index (χ4v) is 2.33. The van der Waals surface area contributed by atoms with E-state index < -0.39 is 33.6 Å². The first-order valence-corrected chi connectivity index (χ1v) is 6.49. The predicted octanol–water partition coefficient (Wildman–Crippen LogP) is 2.23. The second kappa shape index (κ2) is 5.44. The lowest BCUT2D eigenvalue weighted by Crippen LogP contribution is -2.28. The van der Waals surface area contributed by atoms with Crippen LogP contribution in [-0.2, 0) is 0 Å².